The molecule has 3 N–H and O–H groups in total. The first-order valence-electron chi connectivity index (χ1n) is 7.45. The fourth-order valence-electron chi connectivity index (χ4n) is 2.37. The van der Waals surface area contributed by atoms with Crippen LogP contribution in [0.1, 0.15) is 35.3 Å². The van der Waals surface area contributed by atoms with Crippen LogP contribution in [0.3, 0.4) is 0 Å². The lowest BCUT2D eigenvalue weighted by molar-refractivity contribution is 0.134. The highest BCUT2D eigenvalue weighted by atomic mass is 19.2. The van der Waals surface area contributed by atoms with E-state index in [-0.39, 0.29) is 5.75 Å². The molecular formula is C18H21F2NO2. The third-order valence-corrected chi connectivity index (χ3v) is 4.07. The van der Waals surface area contributed by atoms with Crippen molar-refractivity contribution in [3.63, 3.8) is 0 Å². The van der Waals surface area contributed by atoms with Crippen molar-refractivity contribution in [1.29, 1.82) is 0 Å². The standard InChI is InChI=1S/C18H21F2NO2/c1-10-6-14(17(22)7-11(10)2)9-21-12(3)18(23)13-4-5-15(19)16(20)8-13/h4-8,12,18,21-23H,9H2,1-3H3. The van der Waals surface area contributed by atoms with E-state index in [4.69, 9.17) is 0 Å². The summed E-state index contributed by atoms with van der Waals surface area (Å²) in [6.45, 7) is 5.97. The second-order valence-electron chi connectivity index (χ2n) is 5.85. The molecule has 0 aliphatic rings. The molecule has 23 heavy (non-hydrogen) atoms. The average Bonchev–Trinajstić information content (AvgIpc) is 2.51. The number of aliphatic hydroxyl groups excluding tert-OH is 1. The Labute approximate surface area is 134 Å². The van der Waals surface area contributed by atoms with Gasteiger partial charge in [0.15, 0.2) is 11.6 Å². The van der Waals surface area contributed by atoms with Crippen molar-refractivity contribution in [3.8, 4) is 5.75 Å². The molecule has 2 unspecified atom stereocenters. The molecule has 0 aliphatic carbocycles. The van der Waals surface area contributed by atoms with Crippen LogP contribution in [0, 0.1) is 25.5 Å². The Morgan fingerprint density at radius 3 is 2.35 bits per heavy atom. The maximum absolute atomic E-state index is 13.2. The number of hydrogen-bond acceptors (Lipinski definition) is 3. The number of aryl methyl sites for hydroxylation is 2. The van der Waals surface area contributed by atoms with Gasteiger partial charge in [0.2, 0.25) is 0 Å². The van der Waals surface area contributed by atoms with Crippen LogP contribution in [0.15, 0.2) is 30.3 Å². The SMILES string of the molecule is Cc1cc(O)c(CNC(C)C(O)c2ccc(F)c(F)c2)cc1C. The second-order valence-corrected chi connectivity index (χ2v) is 5.85. The number of phenolic OH excluding ortho intramolecular Hbond substituents is 1. The summed E-state index contributed by atoms with van der Waals surface area (Å²) in [5, 5.41) is 23.3. The first kappa shape index (κ1) is 17.4. The van der Waals surface area contributed by atoms with E-state index >= 15 is 0 Å². The van der Waals surface area contributed by atoms with Crippen molar-refractivity contribution in [2.45, 2.75) is 39.5 Å². The molecule has 0 saturated carbocycles. The Kier molecular flexibility index (Phi) is 5.34. The van der Waals surface area contributed by atoms with E-state index in [1.165, 1.54) is 6.07 Å². The summed E-state index contributed by atoms with van der Waals surface area (Å²) in [7, 11) is 0. The Balaban J connectivity index is 2.05. The van der Waals surface area contributed by atoms with E-state index < -0.39 is 23.8 Å². The first-order valence-corrected chi connectivity index (χ1v) is 7.45. The predicted octanol–water partition coefficient (Wildman–Crippen LogP) is 3.50. The van der Waals surface area contributed by atoms with E-state index in [0.717, 1.165) is 28.8 Å². The molecule has 0 radical (unpaired) electrons. The van der Waals surface area contributed by atoms with E-state index in [1.54, 1.807) is 13.0 Å². The fourth-order valence-corrected chi connectivity index (χ4v) is 2.37. The molecule has 3 nitrogen and oxygen atoms in total. The zero-order valence-corrected chi connectivity index (χ0v) is 13.4. The topological polar surface area (TPSA) is 52.5 Å². The number of nitrogens with one attached hydrogen (secondary N) is 1. The van der Waals surface area contributed by atoms with Crippen LogP contribution in [0.5, 0.6) is 5.75 Å². The van der Waals surface area contributed by atoms with Crippen LogP contribution in [-0.4, -0.2) is 16.3 Å². The summed E-state index contributed by atoms with van der Waals surface area (Å²) < 4.78 is 26.2. The lowest BCUT2D eigenvalue weighted by Crippen LogP contribution is -2.31. The number of aliphatic hydroxyl groups is 1. The average molecular weight is 321 g/mol. The van der Waals surface area contributed by atoms with E-state index in [0.29, 0.717) is 12.1 Å². The summed E-state index contributed by atoms with van der Waals surface area (Å²) in [5.74, 6) is -1.74. The van der Waals surface area contributed by atoms with Crippen LogP contribution in [-0.2, 0) is 6.54 Å². The molecule has 0 aromatic heterocycles. The minimum atomic E-state index is -0.987. The molecule has 124 valence electrons. The van der Waals surface area contributed by atoms with Gasteiger partial charge >= 0.3 is 0 Å². The molecule has 0 bridgehead atoms. The highest BCUT2D eigenvalue weighted by molar-refractivity contribution is 5.40. The Morgan fingerprint density at radius 1 is 1.04 bits per heavy atom. The molecule has 2 aromatic rings. The molecule has 2 atom stereocenters. The van der Waals surface area contributed by atoms with Gasteiger partial charge in [0.05, 0.1) is 6.10 Å². The summed E-state index contributed by atoms with van der Waals surface area (Å²) in [5.41, 5.74) is 3.08. The van der Waals surface area contributed by atoms with Crippen molar-refractivity contribution < 1.29 is 19.0 Å². The van der Waals surface area contributed by atoms with Gasteiger partial charge in [-0.3, -0.25) is 0 Å². The zero-order chi connectivity index (χ0) is 17.1. The van der Waals surface area contributed by atoms with Crippen molar-refractivity contribution in [1.82, 2.24) is 5.32 Å². The van der Waals surface area contributed by atoms with Gasteiger partial charge in [0, 0.05) is 18.2 Å². The number of hydrogen-bond donors (Lipinski definition) is 3. The van der Waals surface area contributed by atoms with Gasteiger partial charge in [0.1, 0.15) is 5.75 Å². The lowest BCUT2D eigenvalue weighted by atomic mass is 10.0. The van der Waals surface area contributed by atoms with Gasteiger partial charge in [-0.2, -0.15) is 0 Å². The Bertz CT molecular complexity index is 704. The summed E-state index contributed by atoms with van der Waals surface area (Å²) in [6, 6.07) is 6.52. The second kappa shape index (κ2) is 7.06. The zero-order valence-electron chi connectivity index (χ0n) is 13.4. The molecule has 2 rings (SSSR count). The Hall–Kier alpha value is -1.98. The van der Waals surface area contributed by atoms with Gasteiger partial charge in [-0.1, -0.05) is 12.1 Å². The third-order valence-electron chi connectivity index (χ3n) is 4.07. The molecular weight excluding hydrogens is 300 g/mol. The van der Waals surface area contributed by atoms with Crippen LogP contribution in [0.4, 0.5) is 8.78 Å². The monoisotopic (exact) mass is 321 g/mol. The molecule has 0 aliphatic heterocycles. The molecule has 2 aromatic carbocycles. The molecule has 0 amide bonds. The van der Waals surface area contributed by atoms with Crippen LogP contribution >= 0.6 is 0 Å². The van der Waals surface area contributed by atoms with Crippen molar-refractivity contribution >= 4 is 0 Å². The van der Waals surface area contributed by atoms with Gasteiger partial charge in [-0.05, 0) is 55.7 Å². The van der Waals surface area contributed by atoms with Gasteiger partial charge < -0.3 is 15.5 Å². The third kappa shape index (κ3) is 4.06. The predicted molar refractivity (Wildman–Crippen MR) is 85.2 cm³/mol. The summed E-state index contributed by atoms with van der Waals surface area (Å²) >= 11 is 0. The largest absolute Gasteiger partial charge is 0.508 e. The molecule has 0 heterocycles. The number of benzene rings is 2. The van der Waals surface area contributed by atoms with Gasteiger partial charge in [-0.15, -0.1) is 0 Å². The fraction of sp³-hybridized carbons (Fsp3) is 0.333. The number of halogens is 2. The first-order chi connectivity index (χ1) is 10.8. The van der Waals surface area contributed by atoms with Crippen LogP contribution in [0.2, 0.25) is 0 Å². The maximum atomic E-state index is 13.2. The van der Waals surface area contributed by atoms with E-state index in [9.17, 15) is 19.0 Å². The van der Waals surface area contributed by atoms with Crippen LogP contribution < -0.4 is 5.32 Å². The highest BCUT2D eigenvalue weighted by Gasteiger charge is 2.18. The van der Waals surface area contributed by atoms with Crippen molar-refractivity contribution in [2.75, 3.05) is 0 Å². The molecule has 5 heteroatoms. The van der Waals surface area contributed by atoms with Crippen LogP contribution in [0.25, 0.3) is 0 Å². The number of rotatable bonds is 5. The maximum Gasteiger partial charge on any atom is 0.159 e. The van der Waals surface area contributed by atoms with E-state index in [2.05, 4.69) is 5.32 Å². The molecule has 0 saturated heterocycles. The highest BCUT2D eigenvalue weighted by Crippen LogP contribution is 2.23. The smallest absolute Gasteiger partial charge is 0.159 e. The van der Waals surface area contributed by atoms with Crippen molar-refractivity contribution in [3.05, 3.63) is 64.2 Å². The Morgan fingerprint density at radius 2 is 1.70 bits per heavy atom. The van der Waals surface area contributed by atoms with E-state index in [1.807, 2.05) is 19.9 Å². The minimum Gasteiger partial charge on any atom is -0.508 e. The summed E-state index contributed by atoms with van der Waals surface area (Å²) in [4.78, 5) is 0. The minimum absolute atomic E-state index is 0.190. The molecule has 0 spiro atoms. The normalized spacial score (nSPS) is 13.8. The van der Waals surface area contributed by atoms with Gasteiger partial charge in [-0.25, -0.2) is 8.78 Å². The quantitative estimate of drug-likeness (QED) is 0.790. The van der Waals surface area contributed by atoms with Crippen molar-refractivity contribution in [2.24, 2.45) is 0 Å². The number of phenols is 1. The molecule has 0 fully saturated rings. The number of aromatic hydroxyl groups is 1. The summed E-state index contributed by atoms with van der Waals surface area (Å²) in [6.07, 6.45) is -0.987. The lowest BCUT2D eigenvalue weighted by Gasteiger charge is -2.21. The van der Waals surface area contributed by atoms with Gasteiger partial charge in [0.25, 0.3) is 0 Å².